The minimum Gasteiger partial charge on any atom is -0.344 e. The van der Waals surface area contributed by atoms with Gasteiger partial charge >= 0.3 is 0 Å². The van der Waals surface area contributed by atoms with Crippen LogP contribution in [0.25, 0.3) is 11.4 Å². The summed E-state index contributed by atoms with van der Waals surface area (Å²) in [7, 11) is -0.617. The van der Waals surface area contributed by atoms with Gasteiger partial charge in [-0.25, -0.2) is 4.98 Å². The molecular weight excluding hydrogens is 427 g/mol. The molecule has 5 heteroatoms. The normalized spacial score (nSPS) is 19.6. The minimum absolute atomic E-state index is 0.113. The van der Waals surface area contributed by atoms with Crippen molar-refractivity contribution in [3.63, 3.8) is 0 Å². The van der Waals surface area contributed by atoms with Gasteiger partial charge in [-0.2, -0.15) is 0 Å². The summed E-state index contributed by atoms with van der Waals surface area (Å²) in [5.74, 6) is -0.674. The second-order valence-corrected chi connectivity index (χ2v) is 10.8. The highest BCUT2D eigenvalue weighted by atomic mass is 31.1. The summed E-state index contributed by atoms with van der Waals surface area (Å²) in [5, 5.41) is 2.67. The zero-order chi connectivity index (χ0) is 22.7. The first-order chi connectivity index (χ1) is 16.1. The van der Waals surface area contributed by atoms with E-state index in [0.717, 1.165) is 23.2 Å². The van der Waals surface area contributed by atoms with Gasteiger partial charge in [0.2, 0.25) is 0 Å². The van der Waals surface area contributed by atoms with Crippen LogP contribution in [0.5, 0.6) is 0 Å². The molecule has 0 N–H and O–H groups in total. The minimum atomic E-state index is -0.674. The highest BCUT2D eigenvalue weighted by Gasteiger charge is 2.44. The molecule has 0 aliphatic carbocycles. The van der Waals surface area contributed by atoms with Gasteiger partial charge in [0.15, 0.2) is 5.79 Å². The maximum absolute atomic E-state index is 6.47. The molecule has 1 saturated heterocycles. The van der Waals surface area contributed by atoms with Crippen LogP contribution in [-0.2, 0) is 9.47 Å². The standard InChI is InChI=1S/C28H27N2O2P/c1-28(2)31-26(20-33(21-12-5-3-6-13-21)22-14-7-4-8-15-22)27(32-28)25-18-11-17-24(30-25)23-16-9-10-19-29-23/h3-19,26-27H,20H2,1-2H3/t26-,27-/m0/s1. The second kappa shape index (κ2) is 9.52. The summed E-state index contributed by atoms with van der Waals surface area (Å²) in [6.45, 7) is 3.96. The van der Waals surface area contributed by atoms with Gasteiger partial charge in [-0.3, -0.25) is 4.98 Å². The number of benzene rings is 2. The maximum Gasteiger partial charge on any atom is 0.164 e. The lowest BCUT2D eigenvalue weighted by atomic mass is 10.1. The quantitative estimate of drug-likeness (QED) is 0.363. The summed E-state index contributed by atoms with van der Waals surface area (Å²) in [5.41, 5.74) is 2.57. The van der Waals surface area contributed by atoms with Crippen molar-refractivity contribution >= 4 is 18.5 Å². The summed E-state index contributed by atoms with van der Waals surface area (Å²) in [6, 6.07) is 33.3. The second-order valence-electron chi connectivity index (χ2n) is 8.54. The molecule has 0 saturated carbocycles. The number of rotatable bonds is 6. The molecule has 3 heterocycles. The van der Waals surface area contributed by atoms with Crippen LogP contribution in [0, 0.1) is 0 Å². The molecule has 0 amide bonds. The number of ether oxygens (including phenoxy) is 2. The fraction of sp³-hybridized carbons (Fsp3) is 0.214. The van der Waals surface area contributed by atoms with Gasteiger partial charge in [-0.1, -0.05) is 72.8 Å². The Morgan fingerprint density at radius 1 is 0.727 bits per heavy atom. The van der Waals surface area contributed by atoms with E-state index >= 15 is 0 Å². The third-order valence-electron chi connectivity index (χ3n) is 5.67. The van der Waals surface area contributed by atoms with Crippen LogP contribution < -0.4 is 10.6 Å². The number of hydrogen-bond acceptors (Lipinski definition) is 4. The SMILES string of the molecule is CC1(C)O[C@@H](CP(c2ccccc2)c2ccccc2)[C@H](c2cccc(-c3ccccn3)n2)O1. The van der Waals surface area contributed by atoms with Crippen LogP contribution in [0.1, 0.15) is 25.6 Å². The smallest absolute Gasteiger partial charge is 0.164 e. The van der Waals surface area contributed by atoms with E-state index in [0.29, 0.717) is 0 Å². The van der Waals surface area contributed by atoms with E-state index in [1.807, 2.05) is 50.2 Å². The number of hydrogen-bond donors (Lipinski definition) is 0. The van der Waals surface area contributed by atoms with Gasteiger partial charge in [0.25, 0.3) is 0 Å². The van der Waals surface area contributed by atoms with Gasteiger partial charge in [-0.05, 0) is 56.6 Å². The van der Waals surface area contributed by atoms with Gasteiger partial charge in [-0.15, -0.1) is 0 Å². The third kappa shape index (κ3) is 5.04. The molecule has 0 unspecified atom stereocenters. The molecule has 4 aromatic rings. The highest BCUT2D eigenvalue weighted by molar-refractivity contribution is 7.73. The van der Waals surface area contributed by atoms with E-state index < -0.39 is 13.7 Å². The predicted molar refractivity (Wildman–Crippen MR) is 134 cm³/mol. The van der Waals surface area contributed by atoms with Crippen molar-refractivity contribution in [3.8, 4) is 11.4 Å². The van der Waals surface area contributed by atoms with Crippen LogP contribution >= 0.6 is 7.92 Å². The van der Waals surface area contributed by atoms with Crippen LogP contribution in [0.15, 0.2) is 103 Å². The van der Waals surface area contributed by atoms with Gasteiger partial charge < -0.3 is 9.47 Å². The summed E-state index contributed by atoms with van der Waals surface area (Å²) in [4.78, 5) is 9.39. The van der Waals surface area contributed by atoms with E-state index in [1.165, 1.54) is 10.6 Å². The van der Waals surface area contributed by atoms with Crippen molar-refractivity contribution in [3.05, 3.63) is 109 Å². The predicted octanol–water partition coefficient (Wildman–Crippen LogP) is 5.47. The first-order valence-corrected chi connectivity index (χ1v) is 12.7. The Morgan fingerprint density at radius 2 is 1.36 bits per heavy atom. The fourth-order valence-corrected chi connectivity index (χ4v) is 6.65. The topological polar surface area (TPSA) is 44.2 Å². The molecule has 166 valence electrons. The van der Waals surface area contributed by atoms with Crippen molar-refractivity contribution in [2.75, 3.05) is 6.16 Å². The Morgan fingerprint density at radius 3 is 2.00 bits per heavy atom. The first-order valence-electron chi connectivity index (χ1n) is 11.2. The molecule has 5 rings (SSSR count). The maximum atomic E-state index is 6.47. The zero-order valence-electron chi connectivity index (χ0n) is 18.8. The average Bonchev–Trinajstić information content (AvgIpc) is 3.18. The van der Waals surface area contributed by atoms with Crippen molar-refractivity contribution in [1.82, 2.24) is 9.97 Å². The number of pyridine rings is 2. The molecule has 1 aliphatic rings. The van der Waals surface area contributed by atoms with Crippen LogP contribution in [0.2, 0.25) is 0 Å². The molecule has 2 aromatic carbocycles. The van der Waals surface area contributed by atoms with E-state index in [1.54, 1.807) is 6.20 Å². The molecule has 33 heavy (non-hydrogen) atoms. The largest absolute Gasteiger partial charge is 0.344 e. The van der Waals surface area contributed by atoms with E-state index in [4.69, 9.17) is 14.5 Å². The Hall–Kier alpha value is -2.91. The lowest BCUT2D eigenvalue weighted by Gasteiger charge is -2.24. The Kier molecular flexibility index (Phi) is 6.32. The lowest BCUT2D eigenvalue weighted by Crippen LogP contribution is -2.27. The average molecular weight is 455 g/mol. The molecule has 0 radical (unpaired) electrons. The molecule has 4 nitrogen and oxygen atoms in total. The zero-order valence-corrected chi connectivity index (χ0v) is 19.7. The van der Waals surface area contributed by atoms with Gasteiger partial charge in [0, 0.05) is 12.4 Å². The van der Waals surface area contributed by atoms with Crippen molar-refractivity contribution < 1.29 is 9.47 Å². The Balaban J connectivity index is 1.49. The first kappa shape index (κ1) is 21.9. The van der Waals surface area contributed by atoms with Crippen LogP contribution in [-0.4, -0.2) is 28.0 Å². The Bertz CT molecular complexity index is 1150. The van der Waals surface area contributed by atoms with E-state index in [-0.39, 0.29) is 12.2 Å². The summed E-state index contributed by atoms with van der Waals surface area (Å²) < 4.78 is 12.9. The summed E-state index contributed by atoms with van der Waals surface area (Å²) >= 11 is 0. The monoisotopic (exact) mass is 454 g/mol. The van der Waals surface area contributed by atoms with Crippen molar-refractivity contribution in [2.45, 2.75) is 31.8 Å². The molecule has 2 atom stereocenters. The van der Waals surface area contributed by atoms with Crippen LogP contribution in [0.3, 0.4) is 0 Å². The van der Waals surface area contributed by atoms with Gasteiger partial charge in [0.05, 0.1) is 23.2 Å². The lowest BCUT2D eigenvalue weighted by molar-refractivity contribution is -0.145. The number of nitrogens with zero attached hydrogens (tertiary/aromatic N) is 2. The van der Waals surface area contributed by atoms with Crippen molar-refractivity contribution in [1.29, 1.82) is 0 Å². The molecule has 1 aliphatic heterocycles. The molecule has 0 bridgehead atoms. The van der Waals surface area contributed by atoms with E-state index in [9.17, 15) is 0 Å². The fourth-order valence-electron chi connectivity index (χ4n) is 4.24. The van der Waals surface area contributed by atoms with E-state index in [2.05, 4.69) is 65.6 Å². The highest BCUT2D eigenvalue weighted by Crippen LogP contribution is 2.44. The summed E-state index contributed by atoms with van der Waals surface area (Å²) in [6.07, 6.45) is 2.28. The molecule has 1 fully saturated rings. The number of aromatic nitrogens is 2. The van der Waals surface area contributed by atoms with Gasteiger partial charge in [0.1, 0.15) is 6.10 Å². The molecular formula is C28H27N2O2P. The third-order valence-corrected chi connectivity index (χ3v) is 8.24. The molecule has 0 spiro atoms. The Labute approximate surface area is 196 Å². The van der Waals surface area contributed by atoms with Crippen molar-refractivity contribution in [2.24, 2.45) is 0 Å². The van der Waals surface area contributed by atoms with Crippen LogP contribution in [0.4, 0.5) is 0 Å². The molecule has 2 aromatic heterocycles.